The van der Waals surface area contributed by atoms with Gasteiger partial charge in [0.1, 0.15) is 3.70 Å². The van der Waals surface area contributed by atoms with Crippen LogP contribution in [0.1, 0.15) is 21.6 Å². The molecule has 0 radical (unpaired) electrons. The molecule has 1 aromatic rings. The van der Waals surface area contributed by atoms with Crippen molar-refractivity contribution in [1.29, 1.82) is 0 Å². The van der Waals surface area contributed by atoms with E-state index in [1.54, 1.807) is 13.8 Å². The normalized spacial score (nSPS) is 10.2. The lowest BCUT2D eigenvalue weighted by Gasteiger charge is -2.07. The number of nitrogens with zero attached hydrogens (tertiary/aromatic N) is 1. The molecule has 0 amide bonds. The Hall–Kier alpha value is -0.360. The fourth-order valence-corrected chi connectivity index (χ4v) is 2.17. The first-order chi connectivity index (χ1) is 5.95. The van der Waals surface area contributed by atoms with E-state index < -0.39 is 5.97 Å². The Morgan fingerprint density at radius 2 is 2.08 bits per heavy atom. The van der Waals surface area contributed by atoms with Crippen LogP contribution < -0.4 is 0 Å². The first-order valence-electron chi connectivity index (χ1n) is 3.50. The number of aryl methyl sites for hydroxylation is 1. The molecule has 0 aliphatic carbocycles. The Bertz CT molecular complexity index is 379. The number of carboxylic acids is 1. The molecule has 1 aromatic heterocycles. The maximum Gasteiger partial charge on any atom is 0.338 e. The van der Waals surface area contributed by atoms with Crippen LogP contribution in [0.3, 0.4) is 0 Å². The molecule has 0 spiro atoms. The van der Waals surface area contributed by atoms with E-state index in [1.807, 2.05) is 22.6 Å². The number of rotatable bonds is 1. The van der Waals surface area contributed by atoms with Crippen LogP contribution in [0.15, 0.2) is 0 Å². The molecule has 0 aliphatic rings. The summed E-state index contributed by atoms with van der Waals surface area (Å²) in [5.74, 6) is -0.990. The van der Waals surface area contributed by atoms with Crippen molar-refractivity contribution in [2.75, 3.05) is 0 Å². The zero-order chi connectivity index (χ0) is 10.2. The molecule has 0 bridgehead atoms. The highest BCUT2D eigenvalue weighted by molar-refractivity contribution is 14.1. The van der Waals surface area contributed by atoms with Gasteiger partial charge in [0.15, 0.2) is 0 Å². The Kier molecular flexibility index (Phi) is 3.13. The fourth-order valence-electron chi connectivity index (χ4n) is 1.04. The quantitative estimate of drug-likeness (QED) is 0.641. The third kappa shape index (κ3) is 1.94. The molecule has 0 fully saturated rings. The van der Waals surface area contributed by atoms with Gasteiger partial charge in [-0.15, -0.1) is 0 Å². The number of carbonyl (C=O) groups is 1. The van der Waals surface area contributed by atoms with Crippen molar-refractivity contribution in [1.82, 2.24) is 4.98 Å². The van der Waals surface area contributed by atoms with E-state index in [0.717, 1.165) is 0 Å². The van der Waals surface area contributed by atoms with E-state index in [1.165, 1.54) is 0 Å². The first kappa shape index (κ1) is 10.7. The van der Waals surface area contributed by atoms with E-state index in [0.29, 0.717) is 20.0 Å². The summed E-state index contributed by atoms with van der Waals surface area (Å²) in [5.41, 5.74) is 1.43. The van der Waals surface area contributed by atoms with Crippen LogP contribution in [-0.4, -0.2) is 16.1 Å². The van der Waals surface area contributed by atoms with Crippen LogP contribution >= 0.6 is 34.2 Å². The van der Waals surface area contributed by atoms with Gasteiger partial charge in [0.25, 0.3) is 0 Å². The Morgan fingerprint density at radius 3 is 2.54 bits per heavy atom. The Labute approximate surface area is 94.3 Å². The van der Waals surface area contributed by atoms with Gasteiger partial charge in [0, 0.05) is 0 Å². The summed E-state index contributed by atoms with van der Waals surface area (Å²) in [6.45, 7) is 3.44. The summed E-state index contributed by atoms with van der Waals surface area (Å²) in [5, 5.41) is 9.29. The van der Waals surface area contributed by atoms with Crippen LogP contribution in [0.25, 0.3) is 0 Å². The fraction of sp³-hybridized carbons (Fsp3) is 0.250. The van der Waals surface area contributed by atoms with Crippen molar-refractivity contribution in [2.24, 2.45) is 0 Å². The number of hydrogen-bond acceptors (Lipinski definition) is 2. The van der Waals surface area contributed by atoms with Gasteiger partial charge in [-0.2, -0.15) is 0 Å². The third-order valence-electron chi connectivity index (χ3n) is 1.71. The number of aromatic carboxylic acids is 1. The number of aromatic nitrogens is 1. The topological polar surface area (TPSA) is 50.2 Å². The summed E-state index contributed by atoms with van der Waals surface area (Å²) >= 11 is 7.76. The van der Waals surface area contributed by atoms with Gasteiger partial charge in [-0.1, -0.05) is 11.6 Å². The predicted molar refractivity (Wildman–Crippen MR) is 58.4 cm³/mol. The molecular weight excluding hydrogens is 304 g/mol. The number of hydrogen-bond donors (Lipinski definition) is 1. The zero-order valence-electron chi connectivity index (χ0n) is 7.06. The lowest BCUT2D eigenvalue weighted by atomic mass is 10.1. The minimum absolute atomic E-state index is 0.191. The van der Waals surface area contributed by atoms with Gasteiger partial charge in [0.05, 0.1) is 16.3 Å². The molecule has 0 unspecified atom stereocenters. The number of carboxylic acid groups (broad SMARTS) is 1. The molecule has 0 aliphatic heterocycles. The molecule has 0 aromatic carbocycles. The van der Waals surface area contributed by atoms with Gasteiger partial charge in [-0.05, 0) is 42.0 Å². The highest BCUT2D eigenvalue weighted by Crippen LogP contribution is 2.25. The van der Waals surface area contributed by atoms with Crippen LogP contribution in [0.2, 0.25) is 5.02 Å². The maximum atomic E-state index is 10.8. The molecule has 1 rings (SSSR count). The second kappa shape index (κ2) is 3.79. The van der Waals surface area contributed by atoms with Gasteiger partial charge in [-0.3, -0.25) is 0 Å². The van der Waals surface area contributed by atoms with Crippen molar-refractivity contribution in [3.8, 4) is 0 Å². The summed E-state index contributed by atoms with van der Waals surface area (Å²) in [6.07, 6.45) is 0. The summed E-state index contributed by atoms with van der Waals surface area (Å²) in [6, 6.07) is 0. The van der Waals surface area contributed by atoms with Crippen molar-refractivity contribution in [3.63, 3.8) is 0 Å². The minimum atomic E-state index is -0.990. The van der Waals surface area contributed by atoms with Crippen LogP contribution in [0.5, 0.6) is 0 Å². The largest absolute Gasteiger partial charge is 0.478 e. The average molecular weight is 312 g/mol. The van der Waals surface area contributed by atoms with E-state index in [4.69, 9.17) is 16.7 Å². The SMILES string of the molecule is Cc1nc(I)c(C(=O)O)c(C)c1Cl. The molecule has 0 atom stereocenters. The van der Waals surface area contributed by atoms with Crippen molar-refractivity contribution >= 4 is 40.2 Å². The number of halogens is 2. The average Bonchev–Trinajstić information content (AvgIpc) is 1.99. The first-order valence-corrected chi connectivity index (χ1v) is 4.96. The molecule has 0 saturated carbocycles. The summed E-state index contributed by atoms with van der Waals surface area (Å²) < 4.78 is 0.476. The molecule has 70 valence electrons. The molecule has 1 N–H and O–H groups in total. The van der Waals surface area contributed by atoms with Crippen molar-refractivity contribution in [3.05, 3.63) is 25.5 Å². The summed E-state index contributed by atoms with van der Waals surface area (Å²) in [7, 11) is 0. The molecule has 3 nitrogen and oxygen atoms in total. The van der Waals surface area contributed by atoms with Crippen LogP contribution in [0.4, 0.5) is 0 Å². The number of pyridine rings is 1. The van der Waals surface area contributed by atoms with Crippen molar-refractivity contribution in [2.45, 2.75) is 13.8 Å². The second-order valence-electron chi connectivity index (χ2n) is 2.61. The lowest BCUT2D eigenvalue weighted by molar-refractivity contribution is 0.0694. The molecule has 5 heteroatoms. The molecule has 1 heterocycles. The molecular formula is C8H7ClINO2. The van der Waals surface area contributed by atoms with Crippen molar-refractivity contribution < 1.29 is 9.90 Å². The van der Waals surface area contributed by atoms with Gasteiger partial charge in [-0.25, -0.2) is 9.78 Å². The Balaban J connectivity index is 3.53. The monoisotopic (exact) mass is 311 g/mol. The second-order valence-corrected chi connectivity index (χ2v) is 4.01. The van der Waals surface area contributed by atoms with Crippen LogP contribution in [0, 0.1) is 17.5 Å². The summed E-state index contributed by atoms with van der Waals surface area (Å²) in [4.78, 5) is 14.8. The van der Waals surface area contributed by atoms with Crippen LogP contribution in [-0.2, 0) is 0 Å². The molecule has 13 heavy (non-hydrogen) atoms. The van der Waals surface area contributed by atoms with Gasteiger partial charge in [0.2, 0.25) is 0 Å². The predicted octanol–water partition coefficient (Wildman–Crippen LogP) is 2.65. The Morgan fingerprint density at radius 1 is 1.54 bits per heavy atom. The van der Waals surface area contributed by atoms with Gasteiger partial charge >= 0.3 is 5.97 Å². The highest BCUT2D eigenvalue weighted by atomic mass is 127. The van der Waals surface area contributed by atoms with E-state index in [2.05, 4.69) is 4.98 Å². The van der Waals surface area contributed by atoms with Gasteiger partial charge < -0.3 is 5.11 Å². The standard InChI is InChI=1S/C8H7ClINO2/c1-3-5(8(12)13)7(10)11-4(2)6(3)9/h1-2H3,(H,12,13). The lowest BCUT2D eigenvalue weighted by Crippen LogP contribution is -2.07. The van der Waals surface area contributed by atoms with E-state index >= 15 is 0 Å². The zero-order valence-corrected chi connectivity index (χ0v) is 9.97. The highest BCUT2D eigenvalue weighted by Gasteiger charge is 2.17. The smallest absolute Gasteiger partial charge is 0.338 e. The maximum absolute atomic E-state index is 10.8. The minimum Gasteiger partial charge on any atom is -0.478 e. The third-order valence-corrected chi connectivity index (χ3v) is 3.05. The van der Waals surface area contributed by atoms with E-state index in [-0.39, 0.29) is 5.56 Å². The van der Waals surface area contributed by atoms with E-state index in [9.17, 15) is 4.79 Å². The molecule has 0 saturated heterocycles.